The largest absolute Gasteiger partial charge is 0.394 e. The summed E-state index contributed by atoms with van der Waals surface area (Å²) in [6.07, 6.45) is -15.7. The molecule has 136 valence electrons. The van der Waals surface area contributed by atoms with Crippen LogP contribution in [0.1, 0.15) is 0 Å². The third-order valence-electron chi connectivity index (χ3n) is 3.98. The molecule has 0 aliphatic carbocycles. The van der Waals surface area contributed by atoms with Gasteiger partial charge in [-0.3, -0.25) is 0 Å². The molecule has 23 heavy (non-hydrogen) atoms. The van der Waals surface area contributed by atoms with Crippen LogP contribution in [0.3, 0.4) is 0 Å². The minimum Gasteiger partial charge on any atom is -0.394 e. The van der Waals surface area contributed by atoms with Gasteiger partial charge in [-0.1, -0.05) is 0 Å². The van der Waals surface area contributed by atoms with Crippen molar-refractivity contribution in [1.29, 1.82) is 0 Å². The highest BCUT2D eigenvalue weighted by Gasteiger charge is 2.50. The Hall–Kier alpha value is -0.440. The molecule has 10 atom stereocenters. The van der Waals surface area contributed by atoms with Gasteiger partial charge in [-0.15, -0.1) is 0 Å². The van der Waals surface area contributed by atoms with Gasteiger partial charge in [0.25, 0.3) is 0 Å². The topological polar surface area (TPSA) is 190 Å². The minimum absolute atomic E-state index is 0.667. The maximum absolute atomic E-state index is 10.00. The molecule has 0 bridgehead atoms. The van der Waals surface area contributed by atoms with E-state index < -0.39 is 74.6 Å². The van der Waals surface area contributed by atoms with Crippen molar-refractivity contribution >= 4 is 0 Å². The van der Waals surface area contributed by atoms with E-state index in [1.54, 1.807) is 0 Å². The quantitative estimate of drug-likeness (QED) is 0.243. The van der Waals surface area contributed by atoms with Gasteiger partial charge in [-0.05, 0) is 0 Å². The standard InChI is InChI=1S/C12H22O11/c13-1-3-5(15)7(17)8(18)12(22-3)23-10-6(16)4(2-14)21-11(20)9(10)19/h3-20H,1-2H2/t3-,4-,5+,6-,7+,8+,9+,10+,11?,12?/m1/s1. The molecule has 2 heterocycles. The summed E-state index contributed by atoms with van der Waals surface area (Å²) in [5.74, 6) is 0. The molecule has 0 aromatic rings. The van der Waals surface area contributed by atoms with Gasteiger partial charge >= 0.3 is 0 Å². The zero-order chi connectivity index (χ0) is 17.3. The van der Waals surface area contributed by atoms with E-state index in [0.29, 0.717) is 0 Å². The van der Waals surface area contributed by atoms with Crippen LogP contribution in [0.4, 0.5) is 0 Å². The van der Waals surface area contributed by atoms with Gasteiger partial charge in [-0.2, -0.15) is 0 Å². The van der Waals surface area contributed by atoms with Gasteiger partial charge in [0, 0.05) is 0 Å². The zero-order valence-corrected chi connectivity index (χ0v) is 12.0. The Labute approximate surface area is 130 Å². The van der Waals surface area contributed by atoms with Crippen molar-refractivity contribution < 1.29 is 55.1 Å². The van der Waals surface area contributed by atoms with Crippen LogP contribution in [0, 0.1) is 0 Å². The smallest absolute Gasteiger partial charge is 0.187 e. The predicted molar refractivity (Wildman–Crippen MR) is 68.6 cm³/mol. The second-order valence-corrected chi connectivity index (χ2v) is 5.53. The Bertz CT molecular complexity index is 380. The van der Waals surface area contributed by atoms with Crippen molar-refractivity contribution in [1.82, 2.24) is 0 Å². The monoisotopic (exact) mass is 342 g/mol. The molecule has 2 aliphatic rings. The average Bonchev–Trinajstić information content (AvgIpc) is 2.54. The molecule has 2 unspecified atom stereocenters. The van der Waals surface area contributed by atoms with Gasteiger partial charge < -0.3 is 55.1 Å². The Kier molecular flexibility index (Phi) is 6.27. The highest BCUT2D eigenvalue weighted by molar-refractivity contribution is 4.93. The molecule has 0 amide bonds. The molecule has 0 spiro atoms. The predicted octanol–water partition coefficient (Wildman–Crippen LogP) is -5.40. The third-order valence-corrected chi connectivity index (χ3v) is 3.98. The van der Waals surface area contributed by atoms with E-state index in [2.05, 4.69) is 0 Å². The normalized spacial score (nSPS) is 51.7. The Morgan fingerprint density at radius 2 is 1.22 bits per heavy atom. The van der Waals surface area contributed by atoms with Crippen molar-refractivity contribution in [3.05, 3.63) is 0 Å². The van der Waals surface area contributed by atoms with Crippen molar-refractivity contribution in [3.63, 3.8) is 0 Å². The van der Waals surface area contributed by atoms with E-state index in [4.69, 9.17) is 24.4 Å². The second kappa shape index (κ2) is 7.63. The molecule has 0 aromatic carbocycles. The number of ether oxygens (including phenoxy) is 3. The van der Waals surface area contributed by atoms with Gasteiger partial charge in [0.05, 0.1) is 13.2 Å². The minimum atomic E-state index is -1.76. The highest BCUT2D eigenvalue weighted by atomic mass is 16.7. The fourth-order valence-corrected chi connectivity index (χ4v) is 2.56. The summed E-state index contributed by atoms with van der Waals surface area (Å²) >= 11 is 0. The molecule has 11 nitrogen and oxygen atoms in total. The van der Waals surface area contributed by atoms with E-state index in [1.807, 2.05) is 0 Å². The number of hydrogen-bond acceptors (Lipinski definition) is 11. The molecule has 2 rings (SSSR count). The lowest BCUT2D eigenvalue weighted by Gasteiger charge is -2.45. The molecular formula is C12H22O11. The van der Waals surface area contributed by atoms with E-state index in [9.17, 15) is 30.6 Å². The molecule has 8 N–H and O–H groups in total. The van der Waals surface area contributed by atoms with Crippen molar-refractivity contribution in [2.24, 2.45) is 0 Å². The van der Waals surface area contributed by atoms with Crippen molar-refractivity contribution in [3.8, 4) is 0 Å². The summed E-state index contributed by atoms with van der Waals surface area (Å²) in [4.78, 5) is 0. The first-order valence-electron chi connectivity index (χ1n) is 7.08. The van der Waals surface area contributed by atoms with Gasteiger partial charge in [0.1, 0.15) is 48.8 Å². The molecule has 0 aromatic heterocycles. The van der Waals surface area contributed by atoms with E-state index in [-0.39, 0.29) is 0 Å². The lowest BCUT2D eigenvalue weighted by Crippen LogP contribution is -2.64. The van der Waals surface area contributed by atoms with Crippen LogP contribution in [-0.4, -0.2) is 115 Å². The lowest BCUT2D eigenvalue weighted by molar-refractivity contribution is -0.355. The average molecular weight is 342 g/mol. The Morgan fingerprint density at radius 1 is 0.652 bits per heavy atom. The zero-order valence-electron chi connectivity index (χ0n) is 12.0. The molecule has 0 radical (unpaired) electrons. The molecule has 0 saturated carbocycles. The fraction of sp³-hybridized carbons (Fsp3) is 1.00. The van der Waals surface area contributed by atoms with Crippen LogP contribution in [0.25, 0.3) is 0 Å². The van der Waals surface area contributed by atoms with Crippen LogP contribution in [0.2, 0.25) is 0 Å². The Morgan fingerprint density at radius 3 is 1.78 bits per heavy atom. The van der Waals surface area contributed by atoms with Crippen molar-refractivity contribution in [2.45, 2.75) is 61.4 Å². The number of hydrogen-bond donors (Lipinski definition) is 8. The highest BCUT2D eigenvalue weighted by Crippen LogP contribution is 2.28. The molecule has 2 fully saturated rings. The van der Waals surface area contributed by atoms with Crippen LogP contribution in [-0.2, 0) is 14.2 Å². The third kappa shape index (κ3) is 3.65. The molecular weight excluding hydrogens is 320 g/mol. The molecule has 2 saturated heterocycles. The summed E-state index contributed by atoms with van der Waals surface area (Å²) < 4.78 is 15.1. The fourth-order valence-electron chi connectivity index (χ4n) is 2.56. The van der Waals surface area contributed by atoms with Crippen LogP contribution < -0.4 is 0 Å². The number of rotatable bonds is 4. The second-order valence-electron chi connectivity index (χ2n) is 5.53. The van der Waals surface area contributed by atoms with E-state index in [0.717, 1.165) is 0 Å². The summed E-state index contributed by atoms with van der Waals surface area (Å²) in [5.41, 5.74) is 0. The van der Waals surface area contributed by atoms with Crippen molar-refractivity contribution in [2.75, 3.05) is 13.2 Å². The lowest BCUT2D eigenvalue weighted by atomic mass is 9.97. The summed E-state index contributed by atoms with van der Waals surface area (Å²) in [6.45, 7) is -1.34. The Balaban J connectivity index is 2.11. The first-order valence-corrected chi connectivity index (χ1v) is 7.08. The van der Waals surface area contributed by atoms with Crippen LogP contribution in [0.15, 0.2) is 0 Å². The number of aliphatic hydroxyl groups is 8. The maximum atomic E-state index is 10.00. The first-order chi connectivity index (χ1) is 10.8. The van der Waals surface area contributed by atoms with Gasteiger partial charge in [0.2, 0.25) is 0 Å². The van der Waals surface area contributed by atoms with Crippen LogP contribution in [0.5, 0.6) is 0 Å². The van der Waals surface area contributed by atoms with Crippen LogP contribution >= 0.6 is 0 Å². The summed E-state index contributed by atoms with van der Waals surface area (Å²) in [6, 6.07) is 0. The SMILES string of the molecule is OC[C@H]1OC(O[C@H]2[C@H](O)[C@@H](CO)OC(O)[C@H]2O)[C@@H](O)[C@@H](O)[C@H]1O. The first kappa shape index (κ1) is 18.9. The van der Waals surface area contributed by atoms with E-state index in [1.165, 1.54) is 0 Å². The summed E-state index contributed by atoms with van der Waals surface area (Å²) in [7, 11) is 0. The molecule has 11 heteroatoms. The summed E-state index contributed by atoms with van der Waals surface area (Å²) in [5, 5.41) is 76.8. The maximum Gasteiger partial charge on any atom is 0.187 e. The van der Waals surface area contributed by atoms with E-state index >= 15 is 0 Å². The number of aliphatic hydroxyl groups excluding tert-OH is 8. The van der Waals surface area contributed by atoms with Gasteiger partial charge in [0.15, 0.2) is 12.6 Å². The molecule has 2 aliphatic heterocycles. The van der Waals surface area contributed by atoms with Gasteiger partial charge in [-0.25, -0.2) is 0 Å².